The Morgan fingerprint density at radius 2 is 2.00 bits per heavy atom. The number of rotatable bonds is 2. The number of hydrogen-bond donors (Lipinski definition) is 0. The molecule has 0 saturated heterocycles. The molecule has 16 heavy (non-hydrogen) atoms. The molecule has 0 fully saturated rings. The maximum absolute atomic E-state index is 11.3. The maximum atomic E-state index is 11.3. The normalized spacial score (nSPS) is 10.4. The van der Waals surface area contributed by atoms with Crippen molar-refractivity contribution in [2.24, 2.45) is 0 Å². The van der Waals surface area contributed by atoms with E-state index in [4.69, 9.17) is 4.74 Å². The molecule has 0 saturated carbocycles. The van der Waals surface area contributed by atoms with E-state index in [0.29, 0.717) is 0 Å². The van der Waals surface area contributed by atoms with Crippen LogP contribution in [0.4, 0.5) is 0 Å². The third-order valence-corrected chi connectivity index (χ3v) is 3.36. The summed E-state index contributed by atoms with van der Waals surface area (Å²) in [6, 6.07) is 9.48. The van der Waals surface area contributed by atoms with E-state index in [-0.39, 0.29) is 5.78 Å². The molecule has 0 heterocycles. The molecule has 0 bridgehead atoms. The average Bonchev–Trinajstić information content (AvgIpc) is 2.29. The first-order chi connectivity index (χ1) is 7.63. The molecule has 0 aromatic heterocycles. The summed E-state index contributed by atoms with van der Waals surface area (Å²) in [7, 11) is 1.63. The predicted molar refractivity (Wildman–Crippen MR) is 68.2 cm³/mol. The molecule has 0 aliphatic carbocycles. The van der Waals surface area contributed by atoms with Crippen LogP contribution in [0, 0.1) is 0 Å². The van der Waals surface area contributed by atoms with Gasteiger partial charge in [-0.3, -0.25) is 4.79 Å². The number of carbonyl (C=O) groups is 1. The van der Waals surface area contributed by atoms with Crippen molar-refractivity contribution in [3.05, 3.63) is 40.4 Å². The molecule has 2 rings (SSSR count). The van der Waals surface area contributed by atoms with Crippen molar-refractivity contribution in [2.45, 2.75) is 6.92 Å². The van der Waals surface area contributed by atoms with Crippen molar-refractivity contribution >= 4 is 32.5 Å². The molecule has 0 radical (unpaired) electrons. The van der Waals surface area contributed by atoms with Crippen molar-refractivity contribution in [1.29, 1.82) is 0 Å². The highest BCUT2D eigenvalue weighted by Crippen LogP contribution is 2.33. The molecule has 2 nitrogen and oxygen atoms in total. The van der Waals surface area contributed by atoms with Crippen LogP contribution in [-0.4, -0.2) is 12.9 Å². The van der Waals surface area contributed by atoms with Crippen molar-refractivity contribution in [3.63, 3.8) is 0 Å². The number of methoxy groups -OCH3 is 1. The fraction of sp³-hybridized carbons (Fsp3) is 0.154. The maximum Gasteiger partial charge on any atom is 0.159 e. The molecule has 2 aromatic rings. The van der Waals surface area contributed by atoms with Gasteiger partial charge in [-0.2, -0.15) is 0 Å². The van der Waals surface area contributed by atoms with Crippen LogP contribution in [0.5, 0.6) is 5.75 Å². The lowest BCUT2D eigenvalue weighted by Crippen LogP contribution is -1.92. The fourth-order valence-corrected chi connectivity index (χ4v) is 2.30. The summed E-state index contributed by atoms with van der Waals surface area (Å²) in [5, 5.41) is 2.07. The van der Waals surface area contributed by atoms with Gasteiger partial charge in [0.1, 0.15) is 5.75 Å². The van der Waals surface area contributed by atoms with E-state index in [1.807, 2.05) is 30.3 Å². The van der Waals surface area contributed by atoms with Crippen LogP contribution in [0.15, 0.2) is 34.8 Å². The minimum Gasteiger partial charge on any atom is -0.496 e. The summed E-state index contributed by atoms with van der Waals surface area (Å²) in [4.78, 5) is 11.3. The second-order valence-electron chi connectivity index (χ2n) is 3.57. The summed E-state index contributed by atoms with van der Waals surface area (Å²) in [6.45, 7) is 1.57. The molecule has 0 spiro atoms. The summed E-state index contributed by atoms with van der Waals surface area (Å²) in [6.07, 6.45) is 0. The molecule has 2 aromatic carbocycles. The van der Waals surface area contributed by atoms with Crippen LogP contribution in [0.25, 0.3) is 10.8 Å². The van der Waals surface area contributed by atoms with Gasteiger partial charge in [0, 0.05) is 5.56 Å². The largest absolute Gasteiger partial charge is 0.496 e. The Hall–Kier alpha value is -1.35. The highest BCUT2D eigenvalue weighted by atomic mass is 79.9. The smallest absolute Gasteiger partial charge is 0.159 e. The number of benzene rings is 2. The molecule has 82 valence electrons. The van der Waals surface area contributed by atoms with E-state index in [2.05, 4.69) is 15.9 Å². The van der Waals surface area contributed by atoms with E-state index >= 15 is 0 Å². The molecule has 0 amide bonds. The van der Waals surface area contributed by atoms with Crippen molar-refractivity contribution in [3.8, 4) is 5.75 Å². The number of fused-ring (bicyclic) bond motifs is 1. The van der Waals surface area contributed by atoms with Crippen LogP contribution in [0.3, 0.4) is 0 Å². The molecule has 0 aliphatic heterocycles. The number of hydrogen-bond acceptors (Lipinski definition) is 2. The number of carbonyl (C=O) groups excluding carboxylic acids is 1. The van der Waals surface area contributed by atoms with Crippen molar-refractivity contribution in [2.75, 3.05) is 7.11 Å². The molecule has 0 unspecified atom stereocenters. The van der Waals surface area contributed by atoms with Crippen molar-refractivity contribution < 1.29 is 9.53 Å². The van der Waals surface area contributed by atoms with Gasteiger partial charge < -0.3 is 4.74 Å². The molecule has 3 heteroatoms. The fourth-order valence-electron chi connectivity index (χ4n) is 1.65. The van der Waals surface area contributed by atoms with E-state index < -0.39 is 0 Å². The first-order valence-electron chi connectivity index (χ1n) is 4.90. The standard InChI is InChI=1S/C13H11BrO2/c1-8(15)9-3-5-11-10(7-9)4-6-12(16-2)13(11)14/h3-7H,1-2H3. The van der Waals surface area contributed by atoms with E-state index in [0.717, 1.165) is 26.6 Å². The molecule has 0 aliphatic rings. The molecular weight excluding hydrogens is 268 g/mol. The molecule has 0 N–H and O–H groups in total. The Kier molecular flexibility index (Phi) is 2.97. The number of ketones is 1. The van der Waals surface area contributed by atoms with Gasteiger partial charge in [-0.25, -0.2) is 0 Å². The topological polar surface area (TPSA) is 26.3 Å². The third-order valence-electron chi connectivity index (χ3n) is 2.55. The van der Waals surface area contributed by atoms with E-state index in [1.54, 1.807) is 14.0 Å². The van der Waals surface area contributed by atoms with Crippen LogP contribution >= 0.6 is 15.9 Å². The van der Waals surface area contributed by atoms with Crippen LogP contribution in [0.2, 0.25) is 0 Å². The number of ether oxygens (including phenoxy) is 1. The molecular formula is C13H11BrO2. The summed E-state index contributed by atoms with van der Waals surface area (Å²) in [5.41, 5.74) is 0.726. The van der Waals surface area contributed by atoms with Gasteiger partial charge in [0.15, 0.2) is 5.78 Å². The Morgan fingerprint density at radius 1 is 1.25 bits per heavy atom. The lowest BCUT2D eigenvalue weighted by atomic mass is 10.0. The summed E-state index contributed by atoms with van der Waals surface area (Å²) < 4.78 is 6.14. The van der Waals surface area contributed by atoms with Gasteiger partial charge >= 0.3 is 0 Å². The Balaban J connectivity index is 2.69. The minimum absolute atomic E-state index is 0.0776. The monoisotopic (exact) mass is 278 g/mol. The van der Waals surface area contributed by atoms with Gasteiger partial charge in [0.25, 0.3) is 0 Å². The molecule has 0 atom stereocenters. The Bertz CT molecular complexity index is 561. The Morgan fingerprint density at radius 3 is 2.62 bits per heavy atom. The third kappa shape index (κ3) is 1.83. The van der Waals surface area contributed by atoms with Gasteiger partial charge in [0.05, 0.1) is 11.6 Å². The SMILES string of the molecule is COc1ccc2cc(C(C)=O)ccc2c1Br. The minimum atomic E-state index is 0.0776. The number of halogens is 1. The van der Waals surface area contributed by atoms with Gasteiger partial charge in [-0.15, -0.1) is 0 Å². The lowest BCUT2D eigenvalue weighted by molar-refractivity contribution is 0.101. The zero-order valence-corrected chi connectivity index (χ0v) is 10.7. The van der Waals surface area contributed by atoms with Crippen LogP contribution in [0.1, 0.15) is 17.3 Å². The lowest BCUT2D eigenvalue weighted by Gasteiger charge is -2.07. The highest BCUT2D eigenvalue weighted by Gasteiger charge is 2.07. The first kappa shape index (κ1) is 11.1. The summed E-state index contributed by atoms with van der Waals surface area (Å²) in [5.74, 6) is 0.872. The quantitative estimate of drug-likeness (QED) is 0.781. The highest BCUT2D eigenvalue weighted by molar-refractivity contribution is 9.10. The Labute approximate surface area is 102 Å². The second-order valence-corrected chi connectivity index (χ2v) is 4.37. The summed E-state index contributed by atoms with van der Waals surface area (Å²) >= 11 is 3.49. The van der Waals surface area contributed by atoms with Gasteiger partial charge in [0.2, 0.25) is 0 Å². The van der Waals surface area contributed by atoms with Gasteiger partial charge in [-0.1, -0.05) is 18.2 Å². The van der Waals surface area contributed by atoms with E-state index in [9.17, 15) is 4.79 Å². The van der Waals surface area contributed by atoms with Gasteiger partial charge in [-0.05, 0) is 45.8 Å². The zero-order chi connectivity index (χ0) is 11.7. The number of Topliss-reactive ketones (excluding diaryl/α,β-unsaturated/α-hetero) is 1. The first-order valence-corrected chi connectivity index (χ1v) is 5.70. The predicted octanol–water partition coefficient (Wildman–Crippen LogP) is 3.81. The van der Waals surface area contributed by atoms with E-state index in [1.165, 1.54) is 0 Å². The second kappa shape index (κ2) is 4.26. The van der Waals surface area contributed by atoms with Crippen LogP contribution in [-0.2, 0) is 0 Å². The van der Waals surface area contributed by atoms with Crippen LogP contribution < -0.4 is 4.74 Å². The van der Waals surface area contributed by atoms with Crippen molar-refractivity contribution in [1.82, 2.24) is 0 Å². The average molecular weight is 279 g/mol. The zero-order valence-electron chi connectivity index (χ0n) is 9.08.